The summed E-state index contributed by atoms with van der Waals surface area (Å²) in [6.45, 7) is 0.425. The lowest BCUT2D eigenvalue weighted by molar-refractivity contribution is 0.0696. The number of aromatic carboxylic acids is 1. The van der Waals surface area contributed by atoms with Gasteiger partial charge < -0.3 is 10.0 Å². The van der Waals surface area contributed by atoms with E-state index >= 15 is 0 Å². The monoisotopic (exact) mass is 337 g/mol. The maximum atomic E-state index is 13.8. The van der Waals surface area contributed by atoms with Crippen LogP contribution in [0, 0.1) is 5.82 Å². The molecule has 0 spiro atoms. The lowest BCUT2D eigenvalue weighted by atomic mass is 10.1. The zero-order chi connectivity index (χ0) is 14.7. The van der Waals surface area contributed by atoms with Crippen LogP contribution in [0.5, 0.6) is 0 Å². The van der Waals surface area contributed by atoms with Crippen molar-refractivity contribution in [1.29, 1.82) is 0 Å². The Hall–Kier alpha value is -1.88. The zero-order valence-electron chi connectivity index (χ0n) is 10.8. The van der Waals surface area contributed by atoms with Crippen molar-refractivity contribution in [2.24, 2.45) is 0 Å². The topological polar surface area (TPSA) is 40.5 Å². The minimum Gasteiger partial charge on any atom is -0.478 e. The molecule has 0 aliphatic heterocycles. The quantitative estimate of drug-likeness (QED) is 0.919. The van der Waals surface area contributed by atoms with Gasteiger partial charge in [0.05, 0.1) is 11.3 Å². The SMILES string of the molecule is CN(Cc1cccc(C(=O)O)c1)c1cc(Br)ccc1F. The second-order valence-electron chi connectivity index (χ2n) is 4.46. The van der Waals surface area contributed by atoms with Crippen LogP contribution in [0.4, 0.5) is 10.1 Å². The fourth-order valence-corrected chi connectivity index (χ4v) is 2.29. The molecule has 0 aliphatic carbocycles. The fourth-order valence-electron chi connectivity index (χ4n) is 1.94. The van der Waals surface area contributed by atoms with E-state index in [1.165, 1.54) is 12.1 Å². The third-order valence-electron chi connectivity index (χ3n) is 2.91. The molecule has 0 unspecified atom stereocenters. The summed E-state index contributed by atoms with van der Waals surface area (Å²) < 4.78 is 14.6. The molecule has 0 fully saturated rings. The predicted octanol–water partition coefficient (Wildman–Crippen LogP) is 3.92. The second kappa shape index (κ2) is 6.05. The summed E-state index contributed by atoms with van der Waals surface area (Å²) in [6, 6.07) is 11.3. The van der Waals surface area contributed by atoms with Crippen molar-refractivity contribution < 1.29 is 14.3 Å². The zero-order valence-corrected chi connectivity index (χ0v) is 12.4. The standard InChI is InChI=1S/C15H13BrFNO2/c1-18(14-8-12(16)5-6-13(14)17)9-10-3-2-4-11(7-10)15(19)20/h2-8H,9H2,1H3,(H,19,20). The summed E-state index contributed by atoms with van der Waals surface area (Å²) in [5, 5.41) is 8.96. The number of halogens is 2. The number of rotatable bonds is 4. The Balaban J connectivity index is 2.23. The Morgan fingerprint density at radius 3 is 2.75 bits per heavy atom. The molecule has 104 valence electrons. The first-order valence-corrected chi connectivity index (χ1v) is 6.75. The van der Waals surface area contributed by atoms with E-state index in [-0.39, 0.29) is 11.4 Å². The highest BCUT2D eigenvalue weighted by Gasteiger charge is 2.10. The van der Waals surface area contributed by atoms with Crippen molar-refractivity contribution >= 4 is 27.6 Å². The van der Waals surface area contributed by atoms with Crippen LogP contribution in [0.3, 0.4) is 0 Å². The van der Waals surface area contributed by atoms with Gasteiger partial charge in [0, 0.05) is 18.1 Å². The Labute approximate surface area is 124 Å². The number of carboxylic acids is 1. The first kappa shape index (κ1) is 14.5. The summed E-state index contributed by atoms with van der Waals surface area (Å²) in [7, 11) is 1.76. The molecule has 0 bridgehead atoms. The number of hydrogen-bond acceptors (Lipinski definition) is 2. The highest BCUT2D eigenvalue weighted by molar-refractivity contribution is 9.10. The average molecular weight is 338 g/mol. The molecular weight excluding hydrogens is 325 g/mol. The lowest BCUT2D eigenvalue weighted by Gasteiger charge is -2.20. The third kappa shape index (κ3) is 3.36. The maximum absolute atomic E-state index is 13.8. The smallest absolute Gasteiger partial charge is 0.335 e. The molecule has 20 heavy (non-hydrogen) atoms. The number of carboxylic acid groups (broad SMARTS) is 1. The predicted molar refractivity (Wildman–Crippen MR) is 79.6 cm³/mol. The molecule has 2 aromatic carbocycles. The fraction of sp³-hybridized carbons (Fsp3) is 0.133. The second-order valence-corrected chi connectivity index (χ2v) is 5.37. The molecule has 2 aromatic rings. The van der Waals surface area contributed by atoms with Crippen LogP contribution in [0.1, 0.15) is 15.9 Å². The van der Waals surface area contributed by atoms with Gasteiger partial charge in [0.25, 0.3) is 0 Å². The first-order chi connectivity index (χ1) is 9.47. The highest BCUT2D eigenvalue weighted by Crippen LogP contribution is 2.24. The van der Waals surface area contributed by atoms with Gasteiger partial charge >= 0.3 is 5.97 Å². The van der Waals surface area contributed by atoms with E-state index in [0.29, 0.717) is 12.2 Å². The van der Waals surface area contributed by atoms with Crippen molar-refractivity contribution in [3.8, 4) is 0 Å². The van der Waals surface area contributed by atoms with Crippen LogP contribution in [-0.2, 0) is 6.54 Å². The van der Waals surface area contributed by atoms with E-state index in [0.717, 1.165) is 10.0 Å². The van der Waals surface area contributed by atoms with Gasteiger partial charge in [0.1, 0.15) is 5.82 Å². The Morgan fingerprint density at radius 2 is 2.05 bits per heavy atom. The molecule has 0 atom stereocenters. The van der Waals surface area contributed by atoms with Crippen LogP contribution in [0.15, 0.2) is 46.9 Å². The Morgan fingerprint density at radius 1 is 1.30 bits per heavy atom. The van der Waals surface area contributed by atoms with Gasteiger partial charge in [-0.15, -0.1) is 0 Å². The molecule has 0 radical (unpaired) electrons. The summed E-state index contributed by atoms with van der Waals surface area (Å²) in [4.78, 5) is 12.7. The van der Waals surface area contributed by atoms with Crippen LogP contribution >= 0.6 is 15.9 Å². The number of hydrogen-bond donors (Lipinski definition) is 1. The highest BCUT2D eigenvalue weighted by atomic mass is 79.9. The third-order valence-corrected chi connectivity index (χ3v) is 3.41. The van der Waals surface area contributed by atoms with Gasteiger partial charge in [-0.25, -0.2) is 9.18 Å². The van der Waals surface area contributed by atoms with E-state index in [4.69, 9.17) is 5.11 Å². The molecule has 2 rings (SSSR count). The number of nitrogens with zero attached hydrogens (tertiary/aromatic N) is 1. The van der Waals surface area contributed by atoms with Gasteiger partial charge in [-0.1, -0.05) is 28.1 Å². The minimum atomic E-state index is -0.969. The molecule has 5 heteroatoms. The molecule has 3 nitrogen and oxygen atoms in total. The van der Waals surface area contributed by atoms with Crippen LogP contribution in [0.25, 0.3) is 0 Å². The number of anilines is 1. The van der Waals surface area contributed by atoms with Crippen molar-refractivity contribution in [3.63, 3.8) is 0 Å². The van der Waals surface area contributed by atoms with Gasteiger partial charge in [0.15, 0.2) is 0 Å². The van der Waals surface area contributed by atoms with Crippen molar-refractivity contribution in [2.45, 2.75) is 6.54 Å². The van der Waals surface area contributed by atoms with Gasteiger partial charge in [-0.3, -0.25) is 0 Å². The van der Waals surface area contributed by atoms with E-state index in [2.05, 4.69) is 15.9 Å². The van der Waals surface area contributed by atoms with Gasteiger partial charge in [-0.05, 0) is 35.9 Å². The maximum Gasteiger partial charge on any atom is 0.335 e. The average Bonchev–Trinajstić information content (AvgIpc) is 2.41. The summed E-state index contributed by atoms with van der Waals surface area (Å²) in [5.74, 6) is -1.28. The number of benzene rings is 2. The van der Waals surface area contributed by atoms with Gasteiger partial charge in [0.2, 0.25) is 0 Å². The molecule has 0 aromatic heterocycles. The van der Waals surface area contributed by atoms with Crippen molar-refractivity contribution in [1.82, 2.24) is 0 Å². The molecule has 0 saturated carbocycles. The molecule has 0 amide bonds. The molecule has 0 saturated heterocycles. The van der Waals surface area contributed by atoms with Crippen LogP contribution < -0.4 is 4.90 Å². The Kier molecular flexibility index (Phi) is 4.39. The first-order valence-electron chi connectivity index (χ1n) is 5.96. The summed E-state index contributed by atoms with van der Waals surface area (Å²) >= 11 is 3.31. The van der Waals surface area contributed by atoms with Crippen LogP contribution in [0.2, 0.25) is 0 Å². The van der Waals surface area contributed by atoms with Crippen molar-refractivity contribution in [3.05, 3.63) is 63.9 Å². The van der Waals surface area contributed by atoms with Gasteiger partial charge in [-0.2, -0.15) is 0 Å². The molecule has 0 heterocycles. The Bertz CT molecular complexity index is 646. The van der Waals surface area contributed by atoms with E-state index in [1.807, 2.05) is 6.07 Å². The molecule has 1 N–H and O–H groups in total. The lowest BCUT2D eigenvalue weighted by Crippen LogP contribution is -2.18. The van der Waals surface area contributed by atoms with Crippen molar-refractivity contribution in [2.75, 3.05) is 11.9 Å². The van der Waals surface area contributed by atoms with E-state index in [9.17, 15) is 9.18 Å². The minimum absolute atomic E-state index is 0.227. The van der Waals surface area contributed by atoms with E-state index < -0.39 is 5.97 Å². The van der Waals surface area contributed by atoms with Crippen LogP contribution in [-0.4, -0.2) is 18.1 Å². The summed E-state index contributed by atoms with van der Waals surface area (Å²) in [6.07, 6.45) is 0. The van der Waals surface area contributed by atoms with E-state index in [1.54, 1.807) is 36.2 Å². The number of carbonyl (C=O) groups is 1. The molecule has 0 aliphatic rings. The summed E-state index contributed by atoms with van der Waals surface area (Å²) in [5.41, 5.74) is 1.50. The normalized spacial score (nSPS) is 10.3. The largest absolute Gasteiger partial charge is 0.478 e. The molecular formula is C15H13BrFNO2.